The van der Waals surface area contributed by atoms with Gasteiger partial charge in [0.05, 0.1) is 11.4 Å². The summed E-state index contributed by atoms with van der Waals surface area (Å²) in [5, 5.41) is 8.98. The van der Waals surface area contributed by atoms with Crippen molar-refractivity contribution in [1.82, 2.24) is 9.21 Å². The molecule has 1 fully saturated rings. The number of carboxylic acid groups (broad SMARTS) is 1. The first-order valence-corrected chi connectivity index (χ1v) is 9.83. The Labute approximate surface area is 148 Å². The van der Waals surface area contributed by atoms with E-state index in [1.807, 2.05) is 11.8 Å². The molecule has 140 valence electrons. The molecule has 0 aromatic heterocycles. The monoisotopic (exact) mass is 372 g/mol. The van der Waals surface area contributed by atoms with Crippen LogP contribution in [0.1, 0.15) is 30.9 Å². The van der Waals surface area contributed by atoms with Crippen LogP contribution in [-0.4, -0.2) is 60.9 Å². The van der Waals surface area contributed by atoms with Gasteiger partial charge in [0.1, 0.15) is 5.82 Å². The molecule has 1 aliphatic rings. The van der Waals surface area contributed by atoms with E-state index in [1.165, 1.54) is 16.4 Å². The van der Waals surface area contributed by atoms with Gasteiger partial charge in [-0.2, -0.15) is 4.31 Å². The first kappa shape index (κ1) is 19.8. The van der Waals surface area contributed by atoms with Gasteiger partial charge in [-0.25, -0.2) is 12.8 Å². The maximum absolute atomic E-state index is 13.5. The van der Waals surface area contributed by atoms with Gasteiger partial charge in [0.2, 0.25) is 10.0 Å². The topological polar surface area (TPSA) is 77.9 Å². The van der Waals surface area contributed by atoms with Gasteiger partial charge in [-0.1, -0.05) is 6.92 Å². The summed E-state index contributed by atoms with van der Waals surface area (Å²) in [6.45, 7) is 6.34. The molecule has 0 bridgehead atoms. The van der Waals surface area contributed by atoms with E-state index in [0.29, 0.717) is 43.6 Å². The average molecular weight is 372 g/mol. The van der Waals surface area contributed by atoms with Crippen LogP contribution >= 0.6 is 0 Å². The molecule has 1 aromatic carbocycles. The molecular weight excluding hydrogens is 347 g/mol. The molecule has 0 unspecified atom stereocenters. The van der Waals surface area contributed by atoms with Gasteiger partial charge in [-0.15, -0.1) is 0 Å². The van der Waals surface area contributed by atoms with Crippen molar-refractivity contribution in [2.75, 3.05) is 26.2 Å². The van der Waals surface area contributed by atoms with E-state index in [9.17, 15) is 17.6 Å². The largest absolute Gasteiger partial charge is 0.480 e. The molecule has 2 rings (SSSR count). The molecule has 8 heteroatoms. The summed E-state index contributed by atoms with van der Waals surface area (Å²) in [4.78, 5) is 13.0. The number of nitrogens with zero attached hydrogens (tertiary/aromatic N) is 2. The predicted octanol–water partition coefficient (Wildman–Crippen LogP) is 2.00. The second-order valence-corrected chi connectivity index (χ2v) is 8.34. The molecule has 1 N–H and O–H groups in total. The third-order valence-electron chi connectivity index (χ3n) is 4.71. The Morgan fingerprint density at radius 1 is 1.28 bits per heavy atom. The van der Waals surface area contributed by atoms with Gasteiger partial charge in [0.25, 0.3) is 0 Å². The van der Waals surface area contributed by atoms with Crippen LogP contribution in [0, 0.1) is 19.7 Å². The standard InChI is InChI=1S/C17H25FN2O4S/c1-4-19(11-16(21)22)15-5-7-20(8-6-15)25(23,24)17-12(2)9-14(18)10-13(17)3/h9-10,15H,4-8,11H2,1-3H3,(H,21,22). The van der Waals surface area contributed by atoms with Crippen LogP contribution in [0.2, 0.25) is 0 Å². The summed E-state index contributed by atoms with van der Waals surface area (Å²) >= 11 is 0. The highest BCUT2D eigenvalue weighted by Crippen LogP contribution is 2.28. The Morgan fingerprint density at radius 3 is 2.24 bits per heavy atom. The van der Waals surface area contributed by atoms with Gasteiger partial charge in [-0.3, -0.25) is 9.69 Å². The number of sulfonamides is 1. The highest BCUT2D eigenvalue weighted by molar-refractivity contribution is 7.89. The van der Waals surface area contributed by atoms with Gasteiger partial charge in [0.15, 0.2) is 0 Å². The zero-order chi connectivity index (χ0) is 18.8. The highest BCUT2D eigenvalue weighted by Gasteiger charge is 2.33. The fourth-order valence-electron chi connectivity index (χ4n) is 3.55. The molecule has 0 radical (unpaired) electrons. The number of carboxylic acids is 1. The molecule has 1 aromatic rings. The van der Waals surface area contributed by atoms with Crippen LogP contribution in [0.25, 0.3) is 0 Å². The van der Waals surface area contributed by atoms with E-state index in [2.05, 4.69) is 0 Å². The minimum absolute atomic E-state index is 0.0376. The van der Waals surface area contributed by atoms with E-state index in [-0.39, 0.29) is 17.5 Å². The van der Waals surface area contributed by atoms with Gasteiger partial charge < -0.3 is 5.11 Å². The number of piperidine rings is 1. The van der Waals surface area contributed by atoms with Crippen molar-refractivity contribution in [2.24, 2.45) is 0 Å². The zero-order valence-electron chi connectivity index (χ0n) is 14.8. The number of hydrogen-bond acceptors (Lipinski definition) is 4. The van der Waals surface area contributed by atoms with E-state index in [4.69, 9.17) is 5.11 Å². The number of rotatable bonds is 6. The predicted molar refractivity (Wildman–Crippen MR) is 92.5 cm³/mol. The molecule has 0 atom stereocenters. The number of hydrogen-bond donors (Lipinski definition) is 1. The van der Waals surface area contributed by atoms with Crippen molar-refractivity contribution >= 4 is 16.0 Å². The van der Waals surface area contributed by atoms with E-state index in [0.717, 1.165) is 0 Å². The number of aryl methyl sites for hydroxylation is 2. The Kier molecular flexibility index (Phi) is 6.18. The Morgan fingerprint density at radius 2 is 1.80 bits per heavy atom. The molecule has 1 heterocycles. The molecule has 1 saturated heterocycles. The fourth-order valence-corrected chi connectivity index (χ4v) is 5.44. The van der Waals surface area contributed by atoms with E-state index in [1.54, 1.807) is 13.8 Å². The van der Waals surface area contributed by atoms with E-state index >= 15 is 0 Å². The normalized spacial score (nSPS) is 17.2. The first-order chi connectivity index (χ1) is 11.7. The van der Waals surface area contributed by atoms with Gasteiger partial charge in [0, 0.05) is 19.1 Å². The lowest BCUT2D eigenvalue weighted by Crippen LogP contribution is -2.48. The summed E-state index contributed by atoms with van der Waals surface area (Å²) in [6, 6.07) is 2.53. The zero-order valence-corrected chi connectivity index (χ0v) is 15.6. The summed E-state index contributed by atoms with van der Waals surface area (Å²) in [5.74, 6) is -1.32. The van der Waals surface area contributed by atoms with Crippen molar-refractivity contribution in [3.05, 3.63) is 29.1 Å². The van der Waals surface area contributed by atoms with Crippen LogP contribution < -0.4 is 0 Å². The lowest BCUT2D eigenvalue weighted by molar-refractivity contribution is -0.139. The summed E-state index contributed by atoms with van der Waals surface area (Å²) in [6.07, 6.45) is 1.17. The van der Waals surface area contributed by atoms with Gasteiger partial charge >= 0.3 is 5.97 Å². The number of likely N-dealkylation sites (N-methyl/N-ethyl adjacent to an activating group) is 1. The Balaban J connectivity index is 2.16. The lowest BCUT2D eigenvalue weighted by atomic mass is 10.0. The van der Waals surface area contributed by atoms with Crippen LogP contribution in [0.15, 0.2) is 17.0 Å². The van der Waals surface area contributed by atoms with Crippen molar-refractivity contribution < 1.29 is 22.7 Å². The van der Waals surface area contributed by atoms with Crippen molar-refractivity contribution in [1.29, 1.82) is 0 Å². The summed E-state index contributed by atoms with van der Waals surface area (Å²) < 4.78 is 40.8. The minimum Gasteiger partial charge on any atom is -0.480 e. The van der Waals surface area contributed by atoms with Crippen molar-refractivity contribution in [2.45, 2.75) is 44.6 Å². The number of aliphatic carboxylic acids is 1. The molecule has 0 amide bonds. The van der Waals surface area contributed by atoms with Crippen LogP contribution in [0.5, 0.6) is 0 Å². The molecule has 25 heavy (non-hydrogen) atoms. The van der Waals surface area contributed by atoms with Crippen LogP contribution in [0.4, 0.5) is 4.39 Å². The van der Waals surface area contributed by atoms with Crippen LogP contribution in [0.3, 0.4) is 0 Å². The SMILES string of the molecule is CCN(CC(=O)O)C1CCN(S(=O)(=O)c2c(C)cc(F)cc2C)CC1. The maximum atomic E-state index is 13.5. The molecular formula is C17H25FN2O4S. The third-order valence-corrected chi connectivity index (χ3v) is 6.91. The average Bonchev–Trinajstić information content (AvgIpc) is 2.51. The molecule has 1 aliphatic heterocycles. The third kappa shape index (κ3) is 4.37. The molecule has 0 spiro atoms. The van der Waals surface area contributed by atoms with E-state index < -0.39 is 21.8 Å². The highest BCUT2D eigenvalue weighted by atomic mass is 32.2. The molecule has 6 nitrogen and oxygen atoms in total. The first-order valence-electron chi connectivity index (χ1n) is 8.39. The minimum atomic E-state index is -3.69. The second kappa shape index (κ2) is 7.80. The summed E-state index contributed by atoms with van der Waals surface area (Å²) in [7, 11) is -3.69. The number of carbonyl (C=O) groups is 1. The lowest BCUT2D eigenvalue weighted by Gasteiger charge is -2.37. The fraction of sp³-hybridized carbons (Fsp3) is 0.588. The number of halogens is 1. The molecule has 0 saturated carbocycles. The Hall–Kier alpha value is -1.51. The smallest absolute Gasteiger partial charge is 0.317 e. The maximum Gasteiger partial charge on any atom is 0.317 e. The Bertz CT molecular complexity index is 720. The van der Waals surface area contributed by atoms with Crippen molar-refractivity contribution in [3.8, 4) is 0 Å². The van der Waals surface area contributed by atoms with Crippen molar-refractivity contribution in [3.63, 3.8) is 0 Å². The summed E-state index contributed by atoms with van der Waals surface area (Å²) in [5.41, 5.74) is 0.807. The number of benzene rings is 1. The van der Waals surface area contributed by atoms with Crippen LogP contribution in [-0.2, 0) is 14.8 Å². The quantitative estimate of drug-likeness (QED) is 0.826. The van der Waals surface area contributed by atoms with Gasteiger partial charge in [-0.05, 0) is 56.5 Å². The second-order valence-electron chi connectivity index (χ2n) is 6.46. The molecule has 0 aliphatic carbocycles.